The number of allylic oxidation sites excluding steroid dienone is 4. The van der Waals surface area contributed by atoms with E-state index in [1.807, 2.05) is 0 Å². The van der Waals surface area contributed by atoms with Gasteiger partial charge in [-0.2, -0.15) is 23.1 Å². The van der Waals surface area contributed by atoms with E-state index >= 15 is 0 Å². The minimum Gasteiger partial charge on any atom is -1.00 e. The Morgan fingerprint density at radius 2 is 1.68 bits per heavy atom. The first-order chi connectivity index (χ1) is 9.49. The van der Waals surface area contributed by atoms with Gasteiger partial charge in [0, 0.05) is 0 Å². The molecule has 1 aliphatic rings. The van der Waals surface area contributed by atoms with Crippen molar-refractivity contribution < 1.29 is 49.0 Å². The second kappa shape index (κ2) is 13.1. The van der Waals surface area contributed by atoms with Crippen molar-refractivity contribution in [1.82, 2.24) is 0 Å². The van der Waals surface area contributed by atoms with Gasteiger partial charge in [0.1, 0.15) is 0 Å². The fourth-order valence-corrected chi connectivity index (χ4v) is 1.82. The smallest absolute Gasteiger partial charge is 0.0809 e. The maximum atomic E-state index is 3.19. The molecule has 1 aliphatic carbocycles. The topological polar surface area (TPSA) is 0 Å². The van der Waals surface area contributed by atoms with E-state index in [2.05, 4.69) is 82.3 Å². The van der Waals surface area contributed by atoms with Gasteiger partial charge in [0.25, 0.3) is 0 Å². The second-order valence-corrected chi connectivity index (χ2v) is 7.64. The summed E-state index contributed by atoms with van der Waals surface area (Å²) < 4.78 is 1.51. The van der Waals surface area contributed by atoms with Crippen molar-refractivity contribution in [2.24, 2.45) is 0 Å². The van der Waals surface area contributed by atoms with Crippen LogP contribution in [-0.4, -0.2) is 3.21 Å². The summed E-state index contributed by atoms with van der Waals surface area (Å²) in [6.45, 7) is 8.46. The van der Waals surface area contributed by atoms with Crippen LogP contribution >= 0.6 is 0 Å². The van der Waals surface area contributed by atoms with E-state index in [9.17, 15) is 0 Å². The number of hydrogen-bond acceptors (Lipinski definition) is 0. The zero-order valence-corrected chi connectivity index (χ0v) is 17.6. The van der Waals surface area contributed by atoms with Crippen molar-refractivity contribution >= 4 is 14.0 Å². The van der Waals surface area contributed by atoms with E-state index in [0.717, 1.165) is 6.42 Å². The van der Waals surface area contributed by atoms with Crippen LogP contribution in [0.25, 0.3) is 10.8 Å². The van der Waals surface area contributed by atoms with Crippen molar-refractivity contribution in [3.8, 4) is 0 Å². The number of halogens is 2. The molecular weight excluding hydrogens is 390 g/mol. The van der Waals surface area contributed by atoms with Crippen LogP contribution in [0, 0.1) is 6.08 Å². The maximum absolute atomic E-state index is 3.19. The first kappa shape index (κ1) is 23.9. The number of benzene rings is 1. The summed E-state index contributed by atoms with van der Waals surface area (Å²) in [5.41, 5.74) is 2.72. The van der Waals surface area contributed by atoms with E-state index in [0.29, 0.717) is 0 Å². The molecule has 0 radical (unpaired) electrons. The second-order valence-electron chi connectivity index (χ2n) is 5.18. The van der Waals surface area contributed by atoms with Crippen molar-refractivity contribution in [3.63, 3.8) is 0 Å². The molecule has 0 aliphatic heterocycles. The average molecular weight is 413 g/mol. The summed E-state index contributed by atoms with van der Waals surface area (Å²) in [7, 11) is 0. The number of fused-ring (bicyclic) bond motifs is 1. The molecule has 2 aromatic carbocycles. The van der Waals surface area contributed by atoms with E-state index in [4.69, 9.17) is 0 Å². The van der Waals surface area contributed by atoms with Crippen LogP contribution in [0.3, 0.4) is 0 Å². The number of hydrogen-bond donors (Lipinski definition) is 0. The molecule has 0 nitrogen and oxygen atoms in total. The van der Waals surface area contributed by atoms with Gasteiger partial charge in [-0.25, -0.2) is 11.6 Å². The van der Waals surface area contributed by atoms with Gasteiger partial charge >= 0.3 is 41.3 Å². The third-order valence-electron chi connectivity index (χ3n) is 2.66. The average Bonchev–Trinajstić information content (AvgIpc) is 2.98. The predicted octanol–water partition coefficient (Wildman–Crippen LogP) is -0.602. The molecule has 0 unspecified atom stereocenters. The molecule has 118 valence electrons. The van der Waals surface area contributed by atoms with Crippen molar-refractivity contribution in [1.29, 1.82) is 0 Å². The van der Waals surface area contributed by atoms with Crippen LogP contribution < -0.4 is 24.8 Å². The van der Waals surface area contributed by atoms with Crippen molar-refractivity contribution in [2.75, 3.05) is 0 Å². The van der Waals surface area contributed by atoms with E-state index in [1.54, 1.807) is 24.2 Å². The molecule has 0 atom stereocenters. The molecule has 22 heavy (non-hydrogen) atoms. The van der Waals surface area contributed by atoms with Crippen LogP contribution in [0.15, 0.2) is 59.7 Å². The van der Waals surface area contributed by atoms with Gasteiger partial charge in [0.05, 0.1) is 0 Å². The fourth-order valence-electron chi connectivity index (χ4n) is 1.82. The molecule has 0 spiro atoms. The first-order valence-corrected chi connectivity index (χ1v) is 8.08. The summed E-state index contributed by atoms with van der Waals surface area (Å²) in [6, 6.07) is 14.7. The molecule has 0 bridgehead atoms. The monoisotopic (exact) mass is 410 g/mol. The molecule has 0 N–H and O–H groups in total. The largest absolute Gasteiger partial charge is 1.00 e. The van der Waals surface area contributed by atoms with E-state index < -0.39 is 0 Å². The Bertz CT molecular complexity index is 587. The third kappa shape index (κ3) is 10.4. The van der Waals surface area contributed by atoms with Crippen LogP contribution in [0.2, 0.25) is 0 Å². The van der Waals surface area contributed by atoms with Gasteiger partial charge in [-0.1, -0.05) is 19.9 Å². The third-order valence-corrected chi connectivity index (χ3v) is 2.66. The molecular formula is C19H22Cl2Zr-2. The summed E-state index contributed by atoms with van der Waals surface area (Å²) in [4.78, 5) is 0. The SMILES string of the molecule is CC1=[C-]CC(C)=C1.C[C](C)=[Zr+2].[Cl-].[Cl-].c1ccc2[cH-]ccc2c1. The molecule has 0 aromatic heterocycles. The predicted molar refractivity (Wildman–Crippen MR) is 86.7 cm³/mol. The van der Waals surface area contributed by atoms with Crippen molar-refractivity contribution in [3.05, 3.63) is 65.8 Å². The van der Waals surface area contributed by atoms with E-state index in [-0.39, 0.29) is 24.8 Å². The summed E-state index contributed by atoms with van der Waals surface area (Å²) in [6.07, 6.45) is 6.41. The Labute approximate surface area is 162 Å². The van der Waals surface area contributed by atoms with Gasteiger partial charge in [-0.3, -0.25) is 6.08 Å². The standard InChI is InChI=1S/C9H7.C7H9.C3H6.2ClH.Zr/c1-2-5-9-7-3-6-8(9)4-1;1-6-3-4-7(2)5-6;1-3-2;;;/h1-7H;5H,3H2,1-2H3;1-2H3;2*1H;/q2*-1;;;;+2/p-2. The fraction of sp³-hybridized carbons (Fsp3) is 0.263. The minimum absolute atomic E-state index is 0. The quantitative estimate of drug-likeness (QED) is 0.507. The molecule has 0 saturated carbocycles. The molecule has 0 heterocycles. The summed E-state index contributed by atoms with van der Waals surface area (Å²) in [5, 5.41) is 2.66. The van der Waals surface area contributed by atoms with Crippen LogP contribution in [0.5, 0.6) is 0 Å². The Morgan fingerprint density at radius 3 is 2.09 bits per heavy atom. The zero-order chi connectivity index (χ0) is 15.0. The molecule has 3 rings (SSSR count). The van der Waals surface area contributed by atoms with Crippen LogP contribution in [-0.2, 0) is 24.2 Å². The van der Waals surface area contributed by atoms with Gasteiger partial charge in [-0.15, -0.1) is 36.1 Å². The molecule has 0 amide bonds. The Hall–Kier alpha value is -0.357. The molecule has 2 aromatic rings. The van der Waals surface area contributed by atoms with Gasteiger partial charge in [-0.05, 0) is 0 Å². The summed E-state index contributed by atoms with van der Waals surface area (Å²) >= 11 is 1.55. The van der Waals surface area contributed by atoms with Gasteiger partial charge in [0.2, 0.25) is 0 Å². The molecule has 0 saturated heterocycles. The Kier molecular flexibility index (Phi) is 14.3. The normalized spacial score (nSPS) is 11.5. The molecule has 0 fully saturated rings. The van der Waals surface area contributed by atoms with Gasteiger partial charge < -0.3 is 24.8 Å². The summed E-state index contributed by atoms with van der Waals surface area (Å²) in [5.74, 6) is 0. The number of rotatable bonds is 0. The first-order valence-electron chi connectivity index (χ1n) is 6.86. The van der Waals surface area contributed by atoms with Gasteiger partial charge in [0.15, 0.2) is 0 Å². The van der Waals surface area contributed by atoms with Crippen LogP contribution in [0.1, 0.15) is 34.1 Å². The maximum Gasteiger partial charge on any atom is -0.0809 e. The zero-order valence-electron chi connectivity index (χ0n) is 13.6. The minimum atomic E-state index is 0. The van der Waals surface area contributed by atoms with Crippen molar-refractivity contribution in [2.45, 2.75) is 34.1 Å². The molecule has 3 heteroatoms. The van der Waals surface area contributed by atoms with E-state index in [1.165, 1.54) is 25.1 Å². The Balaban J connectivity index is 0. The Morgan fingerprint density at radius 1 is 1.09 bits per heavy atom. The van der Waals surface area contributed by atoms with Crippen LogP contribution in [0.4, 0.5) is 0 Å².